The molecule has 4 heteroatoms. The molecule has 59 heavy (non-hydrogen) atoms. The van der Waals surface area contributed by atoms with Gasteiger partial charge in [0, 0.05) is 49.3 Å². The molecule has 0 atom stereocenters. The van der Waals surface area contributed by atoms with Crippen LogP contribution in [0.5, 0.6) is 0 Å². The lowest BCUT2D eigenvalue weighted by Crippen LogP contribution is -1.98. The molecular weight excluding hydrogens is 717 g/mol. The van der Waals surface area contributed by atoms with Gasteiger partial charge in [0.25, 0.3) is 0 Å². The highest BCUT2D eigenvalue weighted by molar-refractivity contribution is 6.24. The van der Waals surface area contributed by atoms with Crippen molar-refractivity contribution in [2.45, 2.75) is 0 Å². The van der Waals surface area contributed by atoms with Gasteiger partial charge in [-0.15, -0.1) is 0 Å². The summed E-state index contributed by atoms with van der Waals surface area (Å²) in [6, 6.07) is 74.9. The largest absolute Gasteiger partial charge is 0.307 e. The van der Waals surface area contributed by atoms with Crippen LogP contribution in [0.2, 0.25) is 0 Å². The summed E-state index contributed by atoms with van der Waals surface area (Å²) in [7, 11) is 0. The van der Waals surface area contributed by atoms with Gasteiger partial charge < -0.3 is 9.13 Å². The molecule has 4 nitrogen and oxygen atoms in total. The van der Waals surface area contributed by atoms with E-state index in [0.717, 1.165) is 33.8 Å². The van der Waals surface area contributed by atoms with Crippen molar-refractivity contribution in [3.05, 3.63) is 206 Å². The zero-order chi connectivity index (χ0) is 38.6. The number of imidazole rings is 1. The number of benzene rings is 8. The van der Waals surface area contributed by atoms with Crippen LogP contribution in [0.1, 0.15) is 0 Å². The van der Waals surface area contributed by atoms with Crippen LogP contribution in [0.4, 0.5) is 0 Å². The van der Waals surface area contributed by atoms with E-state index < -0.39 is 0 Å². The second-order valence-electron chi connectivity index (χ2n) is 15.6. The Bertz CT molecular complexity index is 3770. The van der Waals surface area contributed by atoms with Gasteiger partial charge in [0.1, 0.15) is 5.65 Å². The van der Waals surface area contributed by atoms with Gasteiger partial charge in [-0.3, -0.25) is 4.40 Å². The number of para-hydroxylation sites is 3. The van der Waals surface area contributed by atoms with Crippen molar-refractivity contribution in [1.29, 1.82) is 0 Å². The standard InChI is InChI=1S/C55H34N4/c1-3-14-35(15-4-1)52-53-47-34-39(28-29-44(47)50-26-13-27-51(56-52)59(50)53)37-17-11-16-36(32-37)38-18-12-21-41(33-38)58-49-25-10-8-23-43(49)46-31-30-45-42-22-7-9-24-48(42)57(54(45)55(46)58)40-19-5-2-6-20-40/h1-34H. The average Bonchev–Trinajstić information content (AvgIpc) is 4.06. The van der Waals surface area contributed by atoms with E-state index in [2.05, 4.69) is 220 Å². The third-order valence-corrected chi connectivity index (χ3v) is 12.4. The molecule has 0 fully saturated rings. The highest BCUT2D eigenvalue weighted by Crippen LogP contribution is 2.43. The molecule has 5 heterocycles. The molecule has 0 aliphatic carbocycles. The molecule has 0 spiro atoms. The Hall–Kier alpha value is -7.95. The minimum absolute atomic E-state index is 0.974. The Morgan fingerprint density at radius 1 is 0.288 bits per heavy atom. The molecule has 0 amide bonds. The van der Waals surface area contributed by atoms with Crippen LogP contribution in [0.3, 0.4) is 0 Å². The van der Waals surface area contributed by atoms with Crippen LogP contribution in [0.15, 0.2) is 206 Å². The maximum Gasteiger partial charge on any atom is 0.138 e. The normalized spacial score (nSPS) is 12.1. The summed E-state index contributed by atoms with van der Waals surface area (Å²) in [6.45, 7) is 0. The van der Waals surface area contributed by atoms with Crippen LogP contribution in [-0.4, -0.2) is 18.5 Å². The summed E-state index contributed by atoms with van der Waals surface area (Å²) < 4.78 is 7.25. The van der Waals surface area contributed by atoms with Crippen LogP contribution in [-0.2, 0) is 0 Å². The van der Waals surface area contributed by atoms with E-state index in [-0.39, 0.29) is 0 Å². The van der Waals surface area contributed by atoms with Crippen LogP contribution >= 0.6 is 0 Å². The molecular formula is C55H34N4. The topological polar surface area (TPSA) is 27.2 Å². The molecule has 0 radical (unpaired) electrons. The lowest BCUT2D eigenvalue weighted by atomic mass is 9.97. The SMILES string of the molecule is c1ccc(-c2nc3cccc4c5ccc(-c6cccc(-c7cccc(-n8c9ccccc9c9ccc%10c%11ccccc%11n(-c%11ccccc%11)c%10c98)c7)c6)cc5c2n34)cc1. The van der Waals surface area contributed by atoms with E-state index in [1.807, 2.05) is 0 Å². The van der Waals surface area contributed by atoms with Gasteiger partial charge in [0.2, 0.25) is 0 Å². The first-order chi connectivity index (χ1) is 29.3. The Morgan fingerprint density at radius 2 is 0.780 bits per heavy atom. The first-order valence-electron chi connectivity index (χ1n) is 20.2. The molecule has 274 valence electrons. The summed E-state index contributed by atoms with van der Waals surface area (Å²) >= 11 is 0. The molecule has 0 saturated carbocycles. The molecule has 0 N–H and O–H groups in total. The van der Waals surface area contributed by atoms with Gasteiger partial charge in [-0.25, -0.2) is 4.98 Å². The zero-order valence-electron chi connectivity index (χ0n) is 31.9. The second kappa shape index (κ2) is 12.3. The van der Waals surface area contributed by atoms with Crippen molar-refractivity contribution >= 4 is 71.1 Å². The molecule has 0 unspecified atom stereocenters. The van der Waals surface area contributed by atoms with Gasteiger partial charge in [0.15, 0.2) is 0 Å². The Balaban J connectivity index is 0.998. The first-order valence-corrected chi connectivity index (χ1v) is 20.2. The molecule has 0 bridgehead atoms. The highest BCUT2D eigenvalue weighted by atomic mass is 15.0. The number of hydrogen-bond donors (Lipinski definition) is 0. The predicted octanol–water partition coefficient (Wildman–Crippen LogP) is 14.3. The van der Waals surface area contributed by atoms with Crippen molar-refractivity contribution in [2.24, 2.45) is 0 Å². The van der Waals surface area contributed by atoms with Crippen LogP contribution in [0, 0.1) is 0 Å². The molecule has 13 aromatic rings. The van der Waals surface area contributed by atoms with Gasteiger partial charge in [-0.2, -0.15) is 0 Å². The minimum Gasteiger partial charge on any atom is -0.307 e. The summed E-state index contributed by atoms with van der Waals surface area (Å²) in [5.74, 6) is 0. The van der Waals surface area contributed by atoms with Gasteiger partial charge >= 0.3 is 0 Å². The van der Waals surface area contributed by atoms with Crippen molar-refractivity contribution in [2.75, 3.05) is 0 Å². The molecule has 13 rings (SSSR count). The fraction of sp³-hybridized carbons (Fsp3) is 0. The Kier molecular flexibility index (Phi) is 6.69. The van der Waals surface area contributed by atoms with Crippen molar-refractivity contribution < 1.29 is 0 Å². The van der Waals surface area contributed by atoms with E-state index in [0.29, 0.717) is 0 Å². The average molecular weight is 751 g/mol. The van der Waals surface area contributed by atoms with Crippen molar-refractivity contribution in [3.8, 4) is 44.9 Å². The summed E-state index contributed by atoms with van der Waals surface area (Å²) in [4.78, 5) is 5.12. The minimum atomic E-state index is 0.974. The van der Waals surface area contributed by atoms with E-state index in [1.165, 1.54) is 82.2 Å². The van der Waals surface area contributed by atoms with Gasteiger partial charge in [-0.1, -0.05) is 146 Å². The Labute approximate surface area is 339 Å². The quantitative estimate of drug-likeness (QED) is 0.172. The monoisotopic (exact) mass is 750 g/mol. The number of hydrogen-bond acceptors (Lipinski definition) is 1. The van der Waals surface area contributed by atoms with Gasteiger partial charge in [0.05, 0.1) is 38.8 Å². The number of nitrogens with zero attached hydrogens (tertiary/aromatic N) is 4. The second-order valence-corrected chi connectivity index (χ2v) is 15.6. The van der Waals surface area contributed by atoms with Crippen LogP contribution < -0.4 is 0 Å². The number of aromatic nitrogens is 4. The van der Waals surface area contributed by atoms with E-state index in [9.17, 15) is 0 Å². The molecule has 0 aliphatic heterocycles. The van der Waals surface area contributed by atoms with Crippen LogP contribution in [0.25, 0.3) is 116 Å². The van der Waals surface area contributed by atoms with Gasteiger partial charge in [-0.05, 0) is 82.9 Å². The number of rotatable bonds is 5. The fourth-order valence-corrected chi connectivity index (χ4v) is 9.81. The summed E-state index contributed by atoms with van der Waals surface area (Å²) in [6.07, 6.45) is 0. The van der Waals surface area contributed by atoms with Crippen molar-refractivity contribution in [1.82, 2.24) is 18.5 Å². The summed E-state index contributed by atoms with van der Waals surface area (Å²) in [5.41, 5.74) is 17.3. The van der Waals surface area contributed by atoms with E-state index >= 15 is 0 Å². The van der Waals surface area contributed by atoms with E-state index in [1.54, 1.807) is 0 Å². The van der Waals surface area contributed by atoms with Crippen molar-refractivity contribution in [3.63, 3.8) is 0 Å². The number of pyridine rings is 1. The highest BCUT2D eigenvalue weighted by Gasteiger charge is 2.22. The smallest absolute Gasteiger partial charge is 0.138 e. The third kappa shape index (κ3) is 4.63. The molecule has 0 saturated heterocycles. The van der Waals surface area contributed by atoms with E-state index in [4.69, 9.17) is 4.98 Å². The lowest BCUT2D eigenvalue weighted by molar-refractivity contribution is 1.15. The maximum absolute atomic E-state index is 5.12. The number of fused-ring (bicyclic) bond motifs is 10. The predicted molar refractivity (Wildman–Crippen MR) is 246 cm³/mol. The Morgan fingerprint density at radius 3 is 1.49 bits per heavy atom. The third-order valence-electron chi connectivity index (χ3n) is 12.4. The molecule has 0 aliphatic rings. The molecule has 8 aromatic carbocycles. The summed E-state index contributed by atoms with van der Waals surface area (Å²) in [5, 5.41) is 7.43. The maximum atomic E-state index is 5.12. The molecule has 5 aromatic heterocycles. The first kappa shape index (κ1) is 32.2. The lowest BCUT2D eigenvalue weighted by Gasteiger charge is -2.14. The fourth-order valence-electron chi connectivity index (χ4n) is 9.81. The zero-order valence-corrected chi connectivity index (χ0v) is 31.9.